The number of ether oxygens (including phenoxy) is 1. The monoisotopic (exact) mass is 292 g/mol. The molecule has 21 heavy (non-hydrogen) atoms. The zero-order valence-corrected chi connectivity index (χ0v) is 11.6. The average Bonchev–Trinajstić information content (AvgIpc) is 3.25. The van der Waals surface area contributed by atoms with Gasteiger partial charge in [-0.25, -0.2) is 9.18 Å². The highest BCUT2D eigenvalue weighted by atomic mass is 19.1. The van der Waals surface area contributed by atoms with Crippen LogP contribution in [0.25, 0.3) is 0 Å². The molecule has 5 heteroatoms. The van der Waals surface area contributed by atoms with Gasteiger partial charge >= 0.3 is 5.97 Å². The number of aromatic carboxylic acids is 1. The van der Waals surface area contributed by atoms with Gasteiger partial charge in [0.15, 0.2) is 0 Å². The summed E-state index contributed by atoms with van der Waals surface area (Å²) < 4.78 is 19.7. The third-order valence-corrected chi connectivity index (χ3v) is 4.13. The number of rotatable bonds is 4. The number of ketones is 1. The molecule has 2 aliphatic rings. The Labute approximate surface area is 121 Å². The summed E-state index contributed by atoms with van der Waals surface area (Å²) in [6.45, 7) is 0. The fourth-order valence-corrected chi connectivity index (χ4v) is 2.76. The Morgan fingerprint density at radius 3 is 2.43 bits per heavy atom. The molecule has 1 aromatic carbocycles. The first-order valence-corrected chi connectivity index (χ1v) is 7.29. The quantitative estimate of drug-likeness (QED) is 0.925. The van der Waals surface area contributed by atoms with Gasteiger partial charge in [-0.1, -0.05) is 0 Å². The van der Waals surface area contributed by atoms with E-state index in [1.165, 1.54) is 12.1 Å². The lowest BCUT2D eigenvalue weighted by molar-refractivity contribution is -0.121. The molecule has 0 aliphatic heterocycles. The summed E-state index contributed by atoms with van der Waals surface area (Å²) in [6.07, 6.45) is 4.15. The second-order valence-corrected chi connectivity index (χ2v) is 5.81. The van der Waals surface area contributed by atoms with Gasteiger partial charge in [-0.3, -0.25) is 4.79 Å². The summed E-state index contributed by atoms with van der Waals surface area (Å²) in [7, 11) is 0. The van der Waals surface area contributed by atoms with Gasteiger partial charge in [0.05, 0.1) is 11.7 Å². The summed E-state index contributed by atoms with van der Waals surface area (Å²) in [5.41, 5.74) is 0.480. The molecule has 0 atom stereocenters. The van der Waals surface area contributed by atoms with Crippen LogP contribution in [0.1, 0.15) is 60.4 Å². The van der Waals surface area contributed by atoms with Gasteiger partial charge in [-0.2, -0.15) is 0 Å². The molecule has 0 spiro atoms. The fraction of sp³-hybridized carbons (Fsp3) is 0.500. The van der Waals surface area contributed by atoms with E-state index in [9.17, 15) is 14.0 Å². The van der Waals surface area contributed by atoms with Crippen LogP contribution in [-0.4, -0.2) is 23.0 Å². The molecule has 0 unspecified atom stereocenters. The second-order valence-electron chi connectivity index (χ2n) is 5.81. The number of benzene rings is 1. The molecule has 1 aromatic rings. The number of carbonyl (C=O) groups is 2. The SMILES string of the molecule is O=C1CCC(Oc2cc(F)c(C(=O)O)cc2C2CC2)CC1. The molecule has 0 aromatic heterocycles. The Balaban J connectivity index is 1.85. The van der Waals surface area contributed by atoms with Crippen LogP contribution in [-0.2, 0) is 4.79 Å². The number of hydrogen-bond donors (Lipinski definition) is 1. The van der Waals surface area contributed by atoms with Gasteiger partial charge in [-0.15, -0.1) is 0 Å². The van der Waals surface area contributed by atoms with E-state index >= 15 is 0 Å². The van der Waals surface area contributed by atoms with Crippen molar-refractivity contribution < 1.29 is 23.8 Å². The second kappa shape index (κ2) is 5.47. The zero-order chi connectivity index (χ0) is 15.0. The maximum atomic E-state index is 13.9. The van der Waals surface area contributed by atoms with Crippen molar-refractivity contribution in [3.05, 3.63) is 29.1 Å². The lowest BCUT2D eigenvalue weighted by Crippen LogP contribution is -2.24. The molecule has 112 valence electrons. The highest BCUT2D eigenvalue weighted by Crippen LogP contribution is 2.45. The average molecular weight is 292 g/mol. The molecule has 2 fully saturated rings. The minimum atomic E-state index is -1.26. The lowest BCUT2D eigenvalue weighted by atomic mass is 9.96. The Morgan fingerprint density at radius 1 is 1.19 bits per heavy atom. The molecule has 4 nitrogen and oxygen atoms in total. The van der Waals surface area contributed by atoms with Crippen molar-refractivity contribution >= 4 is 11.8 Å². The van der Waals surface area contributed by atoms with Crippen LogP contribution in [0.5, 0.6) is 5.75 Å². The van der Waals surface area contributed by atoms with Gasteiger partial charge < -0.3 is 9.84 Å². The molecule has 0 amide bonds. The van der Waals surface area contributed by atoms with E-state index in [0.29, 0.717) is 31.4 Å². The van der Waals surface area contributed by atoms with E-state index in [1.54, 1.807) is 0 Å². The van der Waals surface area contributed by atoms with Crippen molar-refractivity contribution in [3.8, 4) is 5.75 Å². The minimum Gasteiger partial charge on any atom is -0.490 e. The molecular weight excluding hydrogens is 275 g/mol. The lowest BCUT2D eigenvalue weighted by Gasteiger charge is -2.24. The summed E-state index contributed by atoms with van der Waals surface area (Å²) >= 11 is 0. The molecule has 1 N–H and O–H groups in total. The smallest absolute Gasteiger partial charge is 0.338 e. The first-order chi connectivity index (χ1) is 10.0. The van der Waals surface area contributed by atoms with Crippen molar-refractivity contribution in [2.75, 3.05) is 0 Å². The maximum absolute atomic E-state index is 13.9. The maximum Gasteiger partial charge on any atom is 0.338 e. The summed E-state index contributed by atoms with van der Waals surface area (Å²) in [6, 6.07) is 2.59. The largest absolute Gasteiger partial charge is 0.490 e. The molecule has 2 saturated carbocycles. The van der Waals surface area contributed by atoms with Crippen molar-refractivity contribution in [2.24, 2.45) is 0 Å². The summed E-state index contributed by atoms with van der Waals surface area (Å²) in [5.74, 6) is -1.08. The number of carboxylic acid groups (broad SMARTS) is 1. The van der Waals surface area contributed by atoms with Gasteiger partial charge in [0.1, 0.15) is 17.3 Å². The topological polar surface area (TPSA) is 63.6 Å². The fourth-order valence-electron chi connectivity index (χ4n) is 2.76. The van der Waals surface area contributed by atoms with Gasteiger partial charge in [0.25, 0.3) is 0 Å². The van der Waals surface area contributed by atoms with Crippen molar-refractivity contribution in [2.45, 2.75) is 50.5 Å². The number of hydrogen-bond acceptors (Lipinski definition) is 3. The van der Waals surface area contributed by atoms with Gasteiger partial charge in [0, 0.05) is 18.9 Å². The normalized spacial score (nSPS) is 19.6. The number of carbonyl (C=O) groups excluding carboxylic acids is 1. The Morgan fingerprint density at radius 2 is 1.86 bits per heavy atom. The van der Waals surface area contributed by atoms with Gasteiger partial charge in [0.2, 0.25) is 0 Å². The Kier molecular flexibility index (Phi) is 3.66. The first-order valence-electron chi connectivity index (χ1n) is 7.29. The van der Waals surface area contributed by atoms with Crippen LogP contribution in [0.2, 0.25) is 0 Å². The van der Waals surface area contributed by atoms with E-state index < -0.39 is 11.8 Å². The molecule has 0 radical (unpaired) electrons. The van der Waals surface area contributed by atoms with Crippen LogP contribution in [0.15, 0.2) is 12.1 Å². The predicted octanol–water partition coefficient (Wildman–Crippen LogP) is 3.29. The van der Waals surface area contributed by atoms with Gasteiger partial charge in [-0.05, 0) is 43.2 Å². The summed E-state index contributed by atoms with van der Waals surface area (Å²) in [5, 5.41) is 9.02. The number of halogens is 1. The molecule has 0 bridgehead atoms. The van der Waals surface area contributed by atoms with Crippen LogP contribution < -0.4 is 4.74 Å². The molecule has 2 aliphatic carbocycles. The number of Topliss-reactive ketones (excluding diaryl/α,β-unsaturated/α-hetero) is 1. The van der Waals surface area contributed by atoms with Crippen LogP contribution in [0.4, 0.5) is 4.39 Å². The number of carboxylic acids is 1. The standard InChI is InChI=1S/C16H17FO4/c17-14-8-15(21-11-5-3-10(18)4-6-11)12(9-1-2-9)7-13(14)16(19)20/h7-9,11H,1-6H2,(H,19,20). The summed E-state index contributed by atoms with van der Waals surface area (Å²) in [4.78, 5) is 22.3. The highest BCUT2D eigenvalue weighted by molar-refractivity contribution is 5.88. The van der Waals surface area contributed by atoms with Crippen LogP contribution in [0.3, 0.4) is 0 Å². The van der Waals surface area contributed by atoms with Crippen LogP contribution >= 0.6 is 0 Å². The van der Waals surface area contributed by atoms with E-state index in [4.69, 9.17) is 9.84 Å². The third-order valence-electron chi connectivity index (χ3n) is 4.13. The molecule has 0 saturated heterocycles. The zero-order valence-electron chi connectivity index (χ0n) is 11.6. The highest BCUT2D eigenvalue weighted by Gasteiger charge is 2.30. The minimum absolute atomic E-state index is 0.0877. The van der Waals surface area contributed by atoms with E-state index in [-0.39, 0.29) is 23.4 Å². The molecule has 3 rings (SSSR count). The van der Waals surface area contributed by atoms with Crippen molar-refractivity contribution in [3.63, 3.8) is 0 Å². The Bertz CT molecular complexity index is 582. The van der Waals surface area contributed by atoms with Crippen molar-refractivity contribution in [1.82, 2.24) is 0 Å². The van der Waals surface area contributed by atoms with Crippen LogP contribution in [0, 0.1) is 5.82 Å². The van der Waals surface area contributed by atoms with Crippen molar-refractivity contribution in [1.29, 1.82) is 0 Å². The third kappa shape index (κ3) is 3.06. The van der Waals surface area contributed by atoms with E-state index in [0.717, 1.165) is 18.4 Å². The van der Waals surface area contributed by atoms with E-state index in [1.807, 2.05) is 0 Å². The molecule has 0 heterocycles. The predicted molar refractivity (Wildman–Crippen MR) is 73.2 cm³/mol. The van der Waals surface area contributed by atoms with E-state index in [2.05, 4.69) is 0 Å². The first kappa shape index (κ1) is 14.0. The Hall–Kier alpha value is -1.91. The molecular formula is C16H17FO4.